The second-order valence-electron chi connectivity index (χ2n) is 8.75. The molecule has 0 saturated carbocycles. The van der Waals surface area contributed by atoms with Gasteiger partial charge in [-0.3, -0.25) is 9.59 Å². The first-order valence-corrected chi connectivity index (χ1v) is 11.2. The van der Waals surface area contributed by atoms with E-state index >= 15 is 0 Å². The van der Waals surface area contributed by atoms with E-state index in [2.05, 4.69) is 4.98 Å². The number of benzene rings is 2. The summed E-state index contributed by atoms with van der Waals surface area (Å²) in [6.45, 7) is 6.14. The number of rotatable bonds is 5. The van der Waals surface area contributed by atoms with Gasteiger partial charge in [-0.15, -0.1) is 0 Å². The Bertz CT molecular complexity index is 1290. The molecule has 1 aliphatic heterocycles. The average Bonchev–Trinajstić information content (AvgIpc) is 2.83. The molecule has 0 radical (unpaired) electrons. The number of nitrogens with zero attached hydrogens (tertiary/aromatic N) is 2. The molecule has 2 heterocycles. The third-order valence-electron chi connectivity index (χ3n) is 6.39. The van der Waals surface area contributed by atoms with Crippen molar-refractivity contribution in [3.8, 4) is 17.1 Å². The fourth-order valence-corrected chi connectivity index (χ4v) is 4.50. The van der Waals surface area contributed by atoms with E-state index in [-0.39, 0.29) is 11.5 Å². The number of amides is 1. The second kappa shape index (κ2) is 9.25. The summed E-state index contributed by atoms with van der Waals surface area (Å²) in [4.78, 5) is 31.1. The lowest BCUT2D eigenvalue weighted by Crippen LogP contribution is -2.36. The fraction of sp³-hybridized carbons (Fsp3) is 0.296. The van der Waals surface area contributed by atoms with Crippen LogP contribution in [0, 0.1) is 19.7 Å². The van der Waals surface area contributed by atoms with Gasteiger partial charge in [0.25, 0.3) is 5.91 Å². The number of fused-ring (bicyclic) bond motifs is 1. The van der Waals surface area contributed by atoms with Gasteiger partial charge in [-0.2, -0.15) is 0 Å². The van der Waals surface area contributed by atoms with Gasteiger partial charge < -0.3 is 14.7 Å². The summed E-state index contributed by atoms with van der Waals surface area (Å²) in [7, 11) is 1.52. The van der Waals surface area contributed by atoms with Crippen LogP contribution in [0.1, 0.15) is 51.0 Å². The molecule has 1 aliphatic rings. The van der Waals surface area contributed by atoms with E-state index in [1.54, 1.807) is 30.0 Å². The van der Waals surface area contributed by atoms with Crippen molar-refractivity contribution >= 4 is 11.9 Å². The fourth-order valence-electron chi connectivity index (χ4n) is 4.50. The number of methoxy groups -OCH3 is 1. The number of carboxylic acid groups (broad SMARTS) is 1. The summed E-state index contributed by atoms with van der Waals surface area (Å²) in [5, 5.41) is 9.66. The number of hydrogen-bond donors (Lipinski definition) is 1. The minimum absolute atomic E-state index is 0.0715. The molecule has 0 spiro atoms. The molecular weight excluding hydrogens is 435 g/mol. The minimum atomic E-state index is -0.939. The average molecular weight is 463 g/mol. The molecule has 1 amide bonds. The highest BCUT2D eigenvalue weighted by atomic mass is 19.1. The van der Waals surface area contributed by atoms with Crippen molar-refractivity contribution in [2.24, 2.45) is 0 Å². The first kappa shape index (κ1) is 23.4. The molecule has 0 unspecified atom stereocenters. The monoisotopic (exact) mass is 462 g/mol. The maximum absolute atomic E-state index is 14.3. The van der Waals surface area contributed by atoms with E-state index < -0.39 is 17.7 Å². The van der Waals surface area contributed by atoms with Gasteiger partial charge in [0.2, 0.25) is 5.88 Å². The standard InChI is InChI=1S/C27H27FN2O4/c1-15-5-8-22(28)21(11-15)26(31)30-10-9-18-6-7-19(13-20(18)14-30)25-24(17(3)27(32)33)16(2)12-23(29-25)34-4/h5-8,11-13,17H,9-10,14H2,1-4H3,(H,32,33)/t17-/m0/s1. The largest absolute Gasteiger partial charge is 0.481 e. The highest BCUT2D eigenvalue weighted by Gasteiger charge is 2.26. The Morgan fingerprint density at radius 2 is 1.88 bits per heavy atom. The lowest BCUT2D eigenvalue weighted by molar-refractivity contribution is -0.138. The maximum atomic E-state index is 14.3. The van der Waals surface area contributed by atoms with Crippen LogP contribution in [-0.4, -0.2) is 40.5 Å². The van der Waals surface area contributed by atoms with Gasteiger partial charge in [0.1, 0.15) is 5.82 Å². The zero-order chi connectivity index (χ0) is 24.6. The van der Waals surface area contributed by atoms with Crippen molar-refractivity contribution in [2.45, 2.75) is 39.7 Å². The molecule has 1 atom stereocenters. The van der Waals surface area contributed by atoms with E-state index in [1.165, 1.54) is 13.2 Å². The van der Waals surface area contributed by atoms with Crippen molar-refractivity contribution in [1.82, 2.24) is 9.88 Å². The lowest BCUT2D eigenvalue weighted by Gasteiger charge is -2.29. The maximum Gasteiger partial charge on any atom is 0.310 e. The Balaban J connectivity index is 1.73. The van der Waals surface area contributed by atoms with Crippen LogP contribution in [-0.2, 0) is 17.8 Å². The summed E-state index contributed by atoms with van der Waals surface area (Å²) in [6, 6.07) is 12.1. The predicted molar refractivity (Wildman–Crippen MR) is 127 cm³/mol. The minimum Gasteiger partial charge on any atom is -0.481 e. The number of carboxylic acids is 1. The summed E-state index contributed by atoms with van der Waals surface area (Å²) in [6.07, 6.45) is 0.651. The number of halogens is 1. The number of aromatic nitrogens is 1. The molecule has 0 bridgehead atoms. The summed E-state index contributed by atoms with van der Waals surface area (Å²) >= 11 is 0. The van der Waals surface area contributed by atoms with E-state index in [0.717, 1.165) is 27.8 Å². The number of aryl methyl sites for hydroxylation is 2. The molecule has 0 aliphatic carbocycles. The number of hydrogen-bond acceptors (Lipinski definition) is 4. The normalized spacial score (nSPS) is 13.9. The lowest BCUT2D eigenvalue weighted by atomic mass is 9.89. The molecule has 0 fully saturated rings. The predicted octanol–water partition coefficient (Wildman–Crippen LogP) is 4.90. The Labute approximate surface area is 198 Å². The molecule has 2 aromatic carbocycles. The molecule has 176 valence electrons. The summed E-state index contributed by atoms with van der Waals surface area (Å²) in [5.41, 5.74) is 5.63. The van der Waals surface area contributed by atoms with Crippen LogP contribution in [0.4, 0.5) is 4.39 Å². The third kappa shape index (κ3) is 4.38. The van der Waals surface area contributed by atoms with Crippen LogP contribution < -0.4 is 4.74 Å². The molecule has 34 heavy (non-hydrogen) atoms. The van der Waals surface area contributed by atoms with Crippen molar-refractivity contribution in [3.63, 3.8) is 0 Å². The number of carbonyl (C=O) groups is 2. The Hall–Kier alpha value is -3.74. The van der Waals surface area contributed by atoms with Gasteiger partial charge in [-0.25, -0.2) is 9.37 Å². The van der Waals surface area contributed by atoms with E-state index in [0.29, 0.717) is 36.6 Å². The number of carbonyl (C=O) groups excluding carboxylic acids is 1. The molecule has 7 heteroatoms. The van der Waals surface area contributed by atoms with Crippen molar-refractivity contribution in [2.75, 3.05) is 13.7 Å². The van der Waals surface area contributed by atoms with Crippen molar-refractivity contribution in [1.29, 1.82) is 0 Å². The quantitative estimate of drug-likeness (QED) is 0.583. The smallest absolute Gasteiger partial charge is 0.310 e. The van der Waals surface area contributed by atoms with E-state index in [4.69, 9.17) is 4.74 Å². The molecule has 4 rings (SSSR count). The number of ether oxygens (including phenoxy) is 1. The zero-order valence-corrected chi connectivity index (χ0v) is 19.7. The van der Waals surface area contributed by atoms with Gasteiger partial charge in [-0.05, 0) is 67.6 Å². The molecule has 0 saturated heterocycles. The van der Waals surface area contributed by atoms with Crippen molar-refractivity contribution < 1.29 is 23.8 Å². The first-order chi connectivity index (χ1) is 16.2. The first-order valence-electron chi connectivity index (χ1n) is 11.2. The second-order valence-corrected chi connectivity index (χ2v) is 8.75. The van der Waals surface area contributed by atoms with Crippen LogP contribution in [0.25, 0.3) is 11.3 Å². The number of aliphatic carboxylic acids is 1. The Morgan fingerprint density at radius 1 is 1.12 bits per heavy atom. The van der Waals surface area contributed by atoms with Crippen LogP contribution in [0.15, 0.2) is 42.5 Å². The van der Waals surface area contributed by atoms with E-state index in [1.807, 2.05) is 32.0 Å². The topological polar surface area (TPSA) is 79.7 Å². The van der Waals surface area contributed by atoms with Gasteiger partial charge in [0.15, 0.2) is 0 Å². The number of pyridine rings is 1. The van der Waals surface area contributed by atoms with Gasteiger partial charge in [-0.1, -0.05) is 23.8 Å². The van der Waals surface area contributed by atoms with Crippen molar-refractivity contribution in [3.05, 3.63) is 81.7 Å². The molecule has 6 nitrogen and oxygen atoms in total. The zero-order valence-electron chi connectivity index (χ0n) is 19.7. The van der Waals surface area contributed by atoms with Crippen LogP contribution in [0.5, 0.6) is 5.88 Å². The van der Waals surface area contributed by atoms with Crippen LogP contribution in [0.2, 0.25) is 0 Å². The van der Waals surface area contributed by atoms with Crippen LogP contribution in [0.3, 0.4) is 0 Å². The van der Waals surface area contributed by atoms with Gasteiger partial charge >= 0.3 is 5.97 Å². The highest BCUT2D eigenvalue weighted by molar-refractivity contribution is 5.95. The molecule has 3 aromatic rings. The summed E-state index contributed by atoms with van der Waals surface area (Å²) in [5.74, 6) is -2.16. The Morgan fingerprint density at radius 3 is 2.59 bits per heavy atom. The molecular formula is C27H27FN2O4. The summed E-state index contributed by atoms with van der Waals surface area (Å²) < 4.78 is 19.7. The third-order valence-corrected chi connectivity index (χ3v) is 6.39. The Kier molecular flexibility index (Phi) is 6.37. The SMILES string of the molecule is COc1cc(C)c([C@H](C)C(=O)O)c(-c2ccc3c(c2)CN(C(=O)c2cc(C)ccc2F)CC3)n1. The van der Waals surface area contributed by atoms with E-state index in [9.17, 15) is 19.1 Å². The van der Waals surface area contributed by atoms with Gasteiger partial charge in [0, 0.05) is 24.7 Å². The highest BCUT2D eigenvalue weighted by Crippen LogP contribution is 2.35. The molecule has 1 aromatic heterocycles. The van der Waals surface area contributed by atoms with Gasteiger partial charge in [0.05, 0.1) is 24.3 Å². The van der Waals surface area contributed by atoms with Crippen LogP contribution >= 0.6 is 0 Å². The molecule has 1 N–H and O–H groups in total.